The lowest BCUT2D eigenvalue weighted by Gasteiger charge is -2.15. The average molecular weight is 331 g/mol. The molecule has 0 bridgehead atoms. The number of hydrogen-bond acceptors (Lipinski definition) is 4. The molecule has 0 aliphatic carbocycles. The summed E-state index contributed by atoms with van der Waals surface area (Å²) >= 11 is 3.39. The third-order valence-corrected chi connectivity index (χ3v) is 2.96. The maximum absolute atomic E-state index is 11.6. The first-order chi connectivity index (χ1) is 8.99. The molecule has 1 aromatic carbocycles. The predicted molar refractivity (Wildman–Crippen MR) is 78.8 cm³/mol. The summed E-state index contributed by atoms with van der Waals surface area (Å²) in [6.07, 6.45) is 0. The summed E-state index contributed by atoms with van der Waals surface area (Å²) in [5.74, 6) is 0.967. The van der Waals surface area contributed by atoms with Crippen LogP contribution in [0.3, 0.4) is 0 Å². The molecule has 0 aliphatic heterocycles. The molecule has 106 valence electrons. The highest BCUT2D eigenvalue weighted by atomic mass is 79.9. The monoisotopic (exact) mass is 330 g/mol. The van der Waals surface area contributed by atoms with Crippen molar-refractivity contribution in [1.82, 2.24) is 0 Å². The van der Waals surface area contributed by atoms with Gasteiger partial charge in [0.05, 0.1) is 24.9 Å². The van der Waals surface area contributed by atoms with Gasteiger partial charge in [-0.2, -0.15) is 0 Å². The maximum Gasteiger partial charge on any atom is 0.241 e. The van der Waals surface area contributed by atoms with Crippen LogP contribution in [0, 0.1) is 0 Å². The summed E-state index contributed by atoms with van der Waals surface area (Å²) in [4.78, 5) is 11.6. The molecule has 0 heterocycles. The summed E-state index contributed by atoms with van der Waals surface area (Å²) in [6, 6.07) is 2.92. The summed E-state index contributed by atoms with van der Waals surface area (Å²) in [7, 11) is 0. The smallest absolute Gasteiger partial charge is 0.241 e. The van der Waals surface area contributed by atoms with Crippen molar-refractivity contribution in [3.63, 3.8) is 0 Å². The van der Waals surface area contributed by atoms with Crippen molar-refractivity contribution in [2.24, 2.45) is 5.73 Å². The molecule has 1 rings (SSSR count). The molecule has 1 aromatic rings. The summed E-state index contributed by atoms with van der Waals surface area (Å²) in [6.45, 7) is 6.47. The Morgan fingerprint density at radius 2 is 1.84 bits per heavy atom. The van der Waals surface area contributed by atoms with Crippen molar-refractivity contribution in [3.8, 4) is 11.5 Å². The van der Waals surface area contributed by atoms with E-state index in [0.29, 0.717) is 34.9 Å². The molecule has 0 aliphatic rings. The number of hydrogen-bond donors (Lipinski definition) is 2. The molecule has 0 saturated carbocycles. The molecule has 1 atom stereocenters. The highest BCUT2D eigenvalue weighted by Crippen LogP contribution is 2.36. The third-order valence-electron chi connectivity index (χ3n) is 2.30. The minimum absolute atomic E-state index is 0.257. The second-order valence-corrected chi connectivity index (χ2v) is 4.78. The van der Waals surface area contributed by atoms with Crippen molar-refractivity contribution in [1.29, 1.82) is 0 Å². The van der Waals surface area contributed by atoms with Gasteiger partial charge in [0.15, 0.2) is 11.5 Å². The van der Waals surface area contributed by atoms with Crippen LogP contribution in [0.2, 0.25) is 0 Å². The van der Waals surface area contributed by atoms with Crippen LogP contribution in [0.4, 0.5) is 5.69 Å². The maximum atomic E-state index is 11.6. The van der Waals surface area contributed by atoms with E-state index in [1.54, 1.807) is 19.1 Å². The Morgan fingerprint density at radius 3 is 2.32 bits per heavy atom. The van der Waals surface area contributed by atoms with Crippen molar-refractivity contribution >= 4 is 27.5 Å². The van der Waals surface area contributed by atoms with Gasteiger partial charge in [0, 0.05) is 16.6 Å². The first kappa shape index (κ1) is 15.8. The van der Waals surface area contributed by atoms with E-state index in [4.69, 9.17) is 15.2 Å². The van der Waals surface area contributed by atoms with E-state index >= 15 is 0 Å². The van der Waals surface area contributed by atoms with E-state index in [2.05, 4.69) is 21.2 Å². The number of anilines is 1. The highest BCUT2D eigenvalue weighted by molar-refractivity contribution is 9.10. The largest absolute Gasteiger partial charge is 0.490 e. The van der Waals surface area contributed by atoms with Gasteiger partial charge in [-0.05, 0) is 36.7 Å². The van der Waals surface area contributed by atoms with Crippen LogP contribution in [0.1, 0.15) is 20.8 Å². The molecular weight excluding hydrogens is 312 g/mol. The zero-order valence-electron chi connectivity index (χ0n) is 11.3. The Morgan fingerprint density at radius 1 is 1.32 bits per heavy atom. The molecular formula is C13H19BrN2O3. The molecule has 19 heavy (non-hydrogen) atoms. The van der Waals surface area contributed by atoms with Gasteiger partial charge in [0.1, 0.15) is 0 Å². The molecule has 0 radical (unpaired) electrons. The fourth-order valence-electron chi connectivity index (χ4n) is 1.41. The van der Waals surface area contributed by atoms with E-state index < -0.39 is 6.04 Å². The number of nitrogens with one attached hydrogen (secondary N) is 1. The van der Waals surface area contributed by atoms with Crippen molar-refractivity contribution in [3.05, 3.63) is 16.6 Å². The van der Waals surface area contributed by atoms with Crippen LogP contribution >= 0.6 is 15.9 Å². The second kappa shape index (κ2) is 7.35. The zero-order chi connectivity index (χ0) is 14.4. The van der Waals surface area contributed by atoms with Crippen molar-refractivity contribution in [2.45, 2.75) is 26.8 Å². The number of amides is 1. The Hall–Kier alpha value is -1.27. The van der Waals surface area contributed by atoms with Crippen molar-refractivity contribution < 1.29 is 14.3 Å². The number of rotatable bonds is 6. The van der Waals surface area contributed by atoms with Crippen LogP contribution in [0.25, 0.3) is 0 Å². The normalized spacial score (nSPS) is 11.8. The first-order valence-corrected chi connectivity index (χ1v) is 6.94. The molecule has 5 nitrogen and oxygen atoms in total. The van der Waals surface area contributed by atoms with Crippen molar-refractivity contribution in [2.75, 3.05) is 18.5 Å². The summed E-state index contributed by atoms with van der Waals surface area (Å²) in [5, 5.41) is 2.73. The Labute approximate surface area is 121 Å². The van der Waals surface area contributed by atoms with E-state index in [0.717, 1.165) is 0 Å². The summed E-state index contributed by atoms with van der Waals surface area (Å²) in [5.41, 5.74) is 6.13. The van der Waals surface area contributed by atoms with Gasteiger partial charge >= 0.3 is 0 Å². The van der Waals surface area contributed by atoms with Gasteiger partial charge in [0.2, 0.25) is 5.91 Å². The topological polar surface area (TPSA) is 73.6 Å². The number of carbonyl (C=O) groups excluding carboxylic acids is 1. The number of ether oxygens (including phenoxy) is 2. The van der Waals surface area contributed by atoms with Gasteiger partial charge in [0.25, 0.3) is 0 Å². The average Bonchev–Trinajstić information content (AvgIpc) is 2.35. The fraction of sp³-hybridized carbons (Fsp3) is 0.462. The SMILES string of the molecule is CCOc1cc(Br)c(NC(=O)[C@H](C)N)cc1OCC. The second-order valence-electron chi connectivity index (χ2n) is 3.92. The van der Waals surface area contributed by atoms with Crippen LogP contribution < -0.4 is 20.5 Å². The lowest BCUT2D eigenvalue weighted by atomic mass is 10.2. The predicted octanol–water partition coefficient (Wildman–Crippen LogP) is 2.53. The molecule has 3 N–H and O–H groups in total. The van der Waals surface area contributed by atoms with Crippen LogP contribution in [0.15, 0.2) is 16.6 Å². The van der Waals surface area contributed by atoms with Gasteiger partial charge < -0.3 is 20.5 Å². The quantitative estimate of drug-likeness (QED) is 0.840. The molecule has 1 amide bonds. The number of benzene rings is 1. The van der Waals surface area contributed by atoms with Crippen LogP contribution in [-0.4, -0.2) is 25.2 Å². The van der Waals surface area contributed by atoms with Gasteiger partial charge in [-0.25, -0.2) is 0 Å². The molecule has 0 unspecified atom stereocenters. The lowest BCUT2D eigenvalue weighted by Crippen LogP contribution is -2.32. The molecule has 0 aromatic heterocycles. The van der Waals surface area contributed by atoms with Gasteiger partial charge in [-0.15, -0.1) is 0 Å². The van der Waals surface area contributed by atoms with E-state index in [1.165, 1.54) is 0 Å². The standard InChI is InChI=1S/C13H19BrN2O3/c1-4-18-11-6-9(14)10(7-12(11)19-5-2)16-13(17)8(3)15/h6-8H,4-5,15H2,1-3H3,(H,16,17)/t8-/m0/s1. The van der Waals surface area contributed by atoms with Crippen LogP contribution in [-0.2, 0) is 4.79 Å². The Kier molecular flexibility index (Phi) is 6.11. The van der Waals surface area contributed by atoms with E-state index in [9.17, 15) is 4.79 Å². The van der Waals surface area contributed by atoms with Gasteiger partial charge in [-0.1, -0.05) is 0 Å². The molecule has 6 heteroatoms. The third kappa shape index (κ3) is 4.40. The minimum atomic E-state index is -0.575. The summed E-state index contributed by atoms with van der Waals surface area (Å²) < 4.78 is 11.7. The van der Waals surface area contributed by atoms with E-state index in [-0.39, 0.29) is 5.91 Å². The van der Waals surface area contributed by atoms with E-state index in [1.807, 2.05) is 13.8 Å². The Balaban J connectivity index is 3.05. The zero-order valence-corrected chi connectivity index (χ0v) is 12.9. The first-order valence-electron chi connectivity index (χ1n) is 6.15. The molecule has 0 spiro atoms. The number of halogens is 1. The number of carbonyl (C=O) groups is 1. The van der Waals surface area contributed by atoms with Crippen LogP contribution in [0.5, 0.6) is 11.5 Å². The van der Waals surface area contributed by atoms with Gasteiger partial charge in [-0.3, -0.25) is 4.79 Å². The molecule has 0 fully saturated rings. The highest BCUT2D eigenvalue weighted by Gasteiger charge is 2.14. The Bertz CT molecular complexity index is 450. The fourth-order valence-corrected chi connectivity index (χ4v) is 1.84. The molecule has 0 saturated heterocycles. The number of nitrogens with two attached hydrogens (primary N) is 1. The minimum Gasteiger partial charge on any atom is -0.490 e. The lowest BCUT2D eigenvalue weighted by molar-refractivity contribution is -0.117.